The predicted octanol–water partition coefficient (Wildman–Crippen LogP) is 7.12. The molecule has 0 heterocycles. The quantitative estimate of drug-likeness (QED) is 0.152. The highest BCUT2D eigenvalue weighted by atomic mass is 16.2. The van der Waals surface area contributed by atoms with Gasteiger partial charge < -0.3 is 11.1 Å². The second kappa shape index (κ2) is 15.1. The SMILES string of the molecule is C=C\C=C(/N=C(/C=C(\N)C(=O)Nc1ccc(CN(CCC)CCC2CC2)cc1)CC)c1cccc(CC)c1. The molecule has 5 nitrogen and oxygen atoms in total. The molecule has 1 aliphatic carbocycles. The van der Waals surface area contributed by atoms with E-state index in [-0.39, 0.29) is 11.6 Å². The molecule has 2 aromatic carbocycles. The van der Waals surface area contributed by atoms with Crippen LogP contribution in [0.3, 0.4) is 0 Å². The molecule has 0 spiro atoms. The molecule has 0 radical (unpaired) electrons. The van der Waals surface area contributed by atoms with Crippen molar-refractivity contribution in [1.82, 2.24) is 4.90 Å². The van der Waals surface area contributed by atoms with E-state index < -0.39 is 0 Å². The van der Waals surface area contributed by atoms with Crippen LogP contribution in [-0.2, 0) is 17.8 Å². The first kappa shape index (κ1) is 29.1. The number of aryl methyl sites for hydroxylation is 1. The second-order valence-corrected chi connectivity index (χ2v) is 10.1. The second-order valence-electron chi connectivity index (χ2n) is 10.1. The Bertz CT molecular complexity index is 1160. The lowest BCUT2D eigenvalue weighted by Gasteiger charge is -2.22. The lowest BCUT2D eigenvalue weighted by Crippen LogP contribution is -2.25. The molecule has 3 N–H and O–H groups in total. The molecule has 0 bridgehead atoms. The third-order valence-corrected chi connectivity index (χ3v) is 6.83. The molecular formula is C33H44N4O. The molecule has 38 heavy (non-hydrogen) atoms. The smallest absolute Gasteiger partial charge is 0.271 e. The van der Waals surface area contributed by atoms with E-state index in [1.807, 2.05) is 37.3 Å². The summed E-state index contributed by atoms with van der Waals surface area (Å²) in [6.07, 6.45) is 12.1. The van der Waals surface area contributed by atoms with E-state index >= 15 is 0 Å². The zero-order valence-electron chi connectivity index (χ0n) is 23.4. The molecule has 1 fully saturated rings. The normalized spacial score (nSPS) is 14.6. The van der Waals surface area contributed by atoms with E-state index in [4.69, 9.17) is 10.7 Å². The van der Waals surface area contributed by atoms with E-state index in [2.05, 4.69) is 54.9 Å². The first-order chi connectivity index (χ1) is 18.4. The van der Waals surface area contributed by atoms with Crippen molar-refractivity contribution in [1.29, 1.82) is 0 Å². The summed E-state index contributed by atoms with van der Waals surface area (Å²) >= 11 is 0. The fourth-order valence-electron chi connectivity index (χ4n) is 4.39. The third kappa shape index (κ3) is 9.46. The van der Waals surface area contributed by atoms with Crippen LogP contribution < -0.4 is 11.1 Å². The zero-order chi connectivity index (χ0) is 27.3. The van der Waals surface area contributed by atoms with Crippen molar-refractivity contribution in [2.24, 2.45) is 16.6 Å². The van der Waals surface area contributed by atoms with Gasteiger partial charge in [-0.3, -0.25) is 14.7 Å². The third-order valence-electron chi connectivity index (χ3n) is 6.83. The minimum Gasteiger partial charge on any atom is -0.394 e. The maximum absolute atomic E-state index is 12.8. The number of carbonyl (C=O) groups is 1. The van der Waals surface area contributed by atoms with Gasteiger partial charge in [-0.05, 0) is 86.2 Å². The number of carbonyl (C=O) groups excluding carboxylic acids is 1. The molecule has 0 aromatic heterocycles. The Labute approximate surface area is 229 Å². The molecule has 202 valence electrons. The predicted molar refractivity (Wildman–Crippen MR) is 162 cm³/mol. The number of hydrogen-bond donors (Lipinski definition) is 2. The minimum absolute atomic E-state index is 0.129. The van der Waals surface area contributed by atoms with Crippen molar-refractivity contribution in [3.05, 3.63) is 95.7 Å². The van der Waals surface area contributed by atoms with E-state index in [0.29, 0.717) is 6.42 Å². The molecule has 1 aliphatic rings. The van der Waals surface area contributed by atoms with Gasteiger partial charge in [0.1, 0.15) is 0 Å². The summed E-state index contributed by atoms with van der Waals surface area (Å²) in [6.45, 7) is 13.4. The van der Waals surface area contributed by atoms with Gasteiger partial charge in [-0.25, -0.2) is 0 Å². The first-order valence-electron chi connectivity index (χ1n) is 14.0. The average Bonchev–Trinajstić information content (AvgIpc) is 3.76. The van der Waals surface area contributed by atoms with Gasteiger partial charge in [0.2, 0.25) is 0 Å². The highest BCUT2D eigenvalue weighted by Gasteiger charge is 2.21. The molecule has 3 rings (SSSR count). The summed E-state index contributed by atoms with van der Waals surface area (Å²) in [5.41, 5.74) is 12.1. The van der Waals surface area contributed by atoms with Gasteiger partial charge in [-0.2, -0.15) is 0 Å². The van der Waals surface area contributed by atoms with Gasteiger partial charge in [-0.1, -0.05) is 76.6 Å². The van der Waals surface area contributed by atoms with E-state index in [1.165, 1.54) is 30.4 Å². The van der Waals surface area contributed by atoms with Gasteiger partial charge in [-0.15, -0.1) is 0 Å². The van der Waals surface area contributed by atoms with Crippen molar-refractivity contribution in [3.8, 4) is 0 Å². The van der Waals surface area contributed by atoms with E-state index in [0.717, 1.165) is 61.1 Å². The highest BCUT2D eigenvalue weighted by molar-refractivity contribution is 6.09. The summed E-state index contributed by atoms with van der Waals surface area (Å²) in [4.78, 5) is 20.2. The molecular weight excluding hydrogens is 468 g/mol. The Hall–Kier alpha value is -3.44. The monoisotopic (exact) mass is 512 g/mol. The van der Waals surface area contributed by atoms with Crippen molar-refractivity contribution < 1.29 is 4.79 Å². The highest BCUT2D eigenvalue weighted by Crippen LogP contribution is 2.32. The Balaban J connectivity index is 1.65. The largest absolute Gasteiger partial charge is 0.394 e. The number of benzene rings is 2. The van der Waals surface area contributed by atoms with Crippen LogP contribution in [0.5, 0.6) is 0 Å². The van der Waals surface area contributed by atoms with Crippen LogP contribution in [-0.4, -0.2) is 29.6 Å². The number of aliphatic imine (C=N–C) groups is 1. The fraction of sp³-hybridized carbons (Fsp3) is 0.394. The minimum atomic E-state index is -0.335. The number of nitrogens with zero attached hydrogens (tertiary/aromatic N) is 2. The lowest BCUT2D eigenvalue weighted by atomic mass is 10.1. The Morgan fingerprint density at radius 1 is 1.11 bits per heavy atom. The van der Waals surface area contributed by atoms with Crippen molar-refractivity contribution in [3.63, 3.8) is 0 Å². The summed E-state index contributed by atoms with van der Waals surface area (Å²) in [5, 5.41) is 2.92. The molecule has 5 heteroatoms. The standard InChI is InChI=1S/C33H44N4O/c1-5-10-32(28-12-9-11-25(7-3)22-28)35-29(8-4)23-31(34)33(38)36-30-17-15-27(16-18-30)24-37(20-6-2)21-19-26-13-14-26/h5,9-12,15-18,22-23,26H,1,6-8,13-14,19-21,24,34H2,2-4H3,(H,36,38)/b31-23-,32-10-,35-29+. The van der Waals surface area contributed by atoms with Crippen LogP contribution in [0, 0.1) is 5.92 Å². The number of nitrogens with one attached hydrogen (secondary N) is 1. The maximum Gasteiger partial charge on any atom is 0.271 e. The Morgan fingerprint density at radius 3 is 2.50 bits per heavy atom. The molecule has 0 aliphatic heterocycles. The van der Waals surface area contributed by atoms with Crippen LogP contribution in [0.1, 0.15) is 69.6 Å². The summed E-state index contributed by atoms with van der Waals surface area (Å²) in [6, 6.07) is 16.4. The number of hydrogen-bond acceptors (Lipinski definition) is 4. The van der Waals surface area contributed by atoms with Gasteiger partial charge in [0.25, 0.3) is 5.91 Å². The number of amides is 1. The zero-order valence-corrected chi connectivity index (χ0v) is 23.4. The Kier molecular flexibility index (Phi) is 11.6. The maximum atomic E-state index is 12.8. The topological polar surface area (TPSA) is 70.7 Å². The van der Waals surface area contributed by atoms with Crippen molar-refractivity contribution in [2.75, 3.05) is 18.4 Å². The fourth-order valence-corrected chi connectivity index (χ4v) is 4.39. The van der Waals surface area contributed by atoms with Crippen molar-refractivity contribution in [2.45, 2.75) is 65.8 Å². The van der Waals surface area contributed by atoms with Crippen LogP contribution >= 0.6 is 0 Å². The van der Waals surface area contributed by atoms with Crippen LogP contribution in [0.15, 0.2) is 84.0 Å². The van der Waals surface area contributed by atoms with Gasteiger partial charge in [0.15, 0.2) is 0 Å². The van der Waals surface area contributed by atoms with E-state index in [9.17, 15) is 4.79 Å². The van der Waals surface area contributed by atoms with Gasteiger partial charge >= 0.3 is 0 Å². The number of nitrogens with two attached hydrogens (primary N) is 1. The number of allylic oxidation sites excluding steroid dienone is 3. The van der Waals surface area contributed by atoms with Crippen LogP contribution in [0.4, 0.5) is 5.69 Å². The number of rotatable bonds is 15. The lowest BCUT2D eigenvalue weighted by molar-refractivity contribution is -0.112. The summed E-state index contributed by atoms with van der Waals surface area (Å²) in [7, 11) is 0. The van der Waals surface area contributed by atoms with Crippen molar-refractivity contribution >= 4 is 23.0 Å². The molecule has 0 unspecified atom stereocenters. The van der Waals surface area contributed by atoms with Crippen LogP contribution in [0.25, 0.3) is 5.70 Å². The first-order valence-corrected chi connectivity index (χ1v) is 14.0. The molecule has 2 aromatic rings. The van der Waals surface area contributed by atoms with Gasteiger partial charge in [0.05, 0.1) is 11.4 Å². The van der Waals surface area contributed by atoms with Gasteiger partial charge in [0, 0.05) is 23.5 Å². The number of anilines is 1. The summed E-state index contributed by atoms with van der Waals surface area (Å²) < 4.78 is 0. The molecule has 1 saturated carbocycles. The summed E-state index contributed by atoms with van der Waals surface area (Å²) in [5.74, 6) is 0.610. The Morgan fingerprint density at radius 2 is 1.87 bits per heavy atom. The molecule has 0 atom stereocenters. The average molecular weight is 513 g/mol. The van der Waals surface area contributed by atoms with Crippen LogP contribution in [0.2, 0.25) is 0 Å². The molecule has 0 saturated heterocycles. The van der Waals surface area contributed by atoms with E-state index in [1.54, 1.807) is 12.2 Å². The molecule has 1 amide bonds.